The summed E-state index contributed by atoms with van der Waals surface area (Å²) < 4.78 is 0. The number of rotatable bonds is 4. The summed E-state index contributed by atoms with van der Waals surface area (Å²) in [5.74, 6) is -0.0322. The van der Waals surface area contributed by atoms with E-state index < -0.39 is 0 Å². The molecule has 1 aromatic carbocycles. The molecule has 4 nitrogen and oxygen atoms in total. The first-order chi connectivity index (χ1) is 9.10. The molecular weight excluding hydrogens is 240 g/mol. The minimum Gasteiger partial charge on any atom is -0.504 e. The Morgan fingerprint density at radius 1 is 1.21 bits per heavy atom. The number of hydrogen-bond acceptors (Lipinski definition) is 4. The summed E-state index contributed by atoms with van der Waals surface area (Å²) in [5, 5.41) is 19.7. The number of phenols is 2. The Bertz CT molecular complexity index is 452. The Kier molecular flexibility index (Phi) is 4.45. The van der Waals surface area contributed by atoms with Crippen LogP contribution in [-0.4, -0.2) is 53.2 Å². The largest absolute Gasteiger partial charge is 0.504 e. The van der Waals surface area contributed by atoms with Gasteiger partial charge in [0.1, 0.15) is 0 Å². The molecule has 0 radical (unpaired) electrons. The van der Waals surface area contributed by atoms with Crippen molar-refractivity contribution in [2.45, 2.75) is 13.0 Å². The van der Waals surface area contributed by atoms with Gasteiger partial charge in [0.15, 0.2) is 11.5 Å². The molecule has 2 rings (SSSR count). The summed E-state index contributed by atoms with van der Waals surface area (Å²) in [6.45, 7) is 8.44. The summed E-state index contributed by atoms with van der Waals surface area (Å²) in [5.41, 5.74) is 1.77. The molecule has 2 N–H and O–H groups in total. The van der Waals surface area contributed by atoms with Crippen molar-refractivity contribution in [3.05, 3.63) is 35.9 Å². The summed E-state index contributed by atoms with van der Waals surface area (Å²) >= 11 is 0. The smallest absolute Gasteiger partial charge is 0.162 e. The zero-order valence-electron chi connectivity index (χ0n) is 11.5. The highest BCUT2D eigenvalue weighted by molar-refractivity contribution is 5.48. The molecule has 4 heteroatoms. The molecule has 1 aliphatic rings. The maximum absolute atomic E-state index is 9.96. The Morgan fingerprint density at radius 2 is 1.89 bits per heavy atom. The van der Waals surface area contributed by atoms with Gasteiger partial charge in [0.05, 0.1) is 0 Å². The highest BCUT2D eigenvalue weighted by atomic mass is 16.3. The number of likely N-dealkylation sites (N-methyl/N-ethyl adjacent to an activating group) is 1. The lowest BCUT2D eigenvalue weighted by Gasteiger charge is -2.32. The maximum atomic E-state index is 9.96. The van der Waals surface area contributed by atoms with E-state index in [1.165, 1.54) is 0 Å². The molecule has 0 aliphatic carbocycles. The lowest BCUT2D eigenvalue weighted by Crippen LogP contribution is -2.43. The minimum atomic E-state index is -0.0384. The van der Waals surface area contributed by atoms with E-state index in [1.54, 1.807) is 12.1 Å². The van der Waals surface area contributed by atoms with Crippen LogP contribution in [0.25, 0.3) is 0 Å². The van der Waals surface area contributed by atoms with Gasteiger partial charge in [-0.2, -0.15) is 0 Å². The Balaban J connectivity index is 2.12. The zero-order chi connectivity index (χ0) is 13.8. The topological polar surface area (TPSA) is 46.9 Å². The van der Waals surface area contributed by atoms with Crippen molar-refractivity contribution in [3.8, 4) is 11.5 Å². The van der Waals surface area contributed by atoms with E-state index in [2.05, 4.69) is 23.4 Å². The van der Waals surface area contributed by atoms with Crippen LogP contribution in [0.3, 0.4) is 0 Å². The van der Waals surface area contributed by atoms with Gasteiger partial charge in [-0.1, -0.05) is 12.1 Å². The van der Waals surface area contributed by atoms with Crippen LogP contribution in [0.15, 0.2) is 24.8 Å². The normalized spacial score (nSPS) is 17.5. The Morgan fingerprint density at radius 3 is 2.53 bits per heavy atom. The Hall–Kier alpha value is -1.52. The monoisotopic (exact) mass is 262 g/mol. The van der Waals surface area contributed by atoms with Crippen LogP contribution in [0.4, 0.5) is 0 Å². The van der Waals surface area contributed by atoms with Gasteiger partial charge in [-0.25, -0.2) is 0 Å². The van der Waals surface area contributed by atoms with Gasteiger partial charge in [0.25, 0.3) is 0 Å². The minimum absolute atomic E-state index is 0.00624. The number of aromatic hydroxyl groups is 2. The maximum Gasteiger partial charge on any atom is 0.162 e. The van der Waals surface area contributed by atoms with Crippen LogP contribution in [0.5, 0.6) is 11.5 Å². The van der Waals surface area contributed by atoms with Crippen molar-refractivity contribution < 1.29 is 10.2 Å². The molecule has 0 unspecified atom stereocenters. The van der Waals surface area contributed by atoms with Crippen LogP contribution >= 0.6 is 0 Å². The van der Waals surface area contributed by atoms with Gasteiger partial charge in [-0.15, -0.1) is 6.58 Å². The van der Waals surface area contributed by atoms with Crippen LogP contribution in [-0.2, 0) is 13.0 Å². The fraction of sp³-hybridized carbons (Fsp3) is 0.467. The van der Waals surface area contributed by atoms with E-state index in [9.17, 15) is 10.2 Å². The lowest BCUT2D eigenvalue weighted by atomic mass is 10.1. The molecule has 1 aliphatic heterocycles. The SMILES string of the molecule is C=CCc1cc(O)c(O)c(CN2CCN(C)CC2)c1. The van der Waals surface area contributed by atoms with Crippen molar-refractivity contribution >= 4 is 0 Å². The number of piperazine rings is 1. The predicted octanol–water partition coefficient (Wildman–Crippen LogP) is 1.57. The third kappa shape index (κ3) is 3.49. The molecule has 1 heterocycles. The van der Waals surface area contributed by atoms with E-state index in [-0.39, 0.29) is 11.5 Å². The fourth-order valence-corrected chi connectivity index (χ4v) is 2.39. The second kappa shape index (κ2) is 6.08. The van der Waals surface area contributed by atoms with Crippen LogP contribution in [0.2, 0.25) is 0 Å². The molecule has 0 saturated carbocycles. The standard InChI is InChI=1S/C15H22N2O2/c1-3-4-12-9-13(15(19)14(18)10-12)11-17-7-5-16(2)6-8-17/h3,9-10,18-19H,1,4-8,11H2,2H3. The second-order valence-corrected chi connectivity index (χ2v) is 5.19. The number of allylic oxidation sites excluding steroid dienone is 1. The number of benzene rings is 1. The molecule has 19 heavy (non-hydrogen) atoms. The zero-order valence-corrected chi connectivity index (χ0v) is 11.5. The van der Waals surface area contributed by atoms with Crippen molar-refractivity contribution in [2.24, 2.45) is 0 Å². The molecule has 1 saturated heterocycles. The van der Waals surface area contributed by atoms with Crippen molar-refractivity contribution in [1.29, 1.82) is 0 Å². The van der Waals surface area contributed by atoms with Crippen molar-refractivity contribution in [2.75, 3.05) is 33.2 Å². The number of hydrogen-bond donors (Lipinski definition) is 2. The summed E-state index contributed by atoms with van der Waals surface area (Å²) in [6.07, 6.45) is 2.50. The van der Waals surface area contributed by atoms with Crippen molar-refractivity contribution in [3.63, 3.8) is 0 Å². The van der Waals surface area contributed by atoms with E-state index >= 15 is 0 Å². The van der Waals surface area contributed by atoms with Gasteiger partial charge in [0, 0.05) is 38.3 Å². The quantitative estimate of drug-likeness (QED) is 0.639. The molecule has 0 amide bonds. The molecule has 0 atom stereocenters. The third-order valence-electron chi connectivity index (χ3n) is 3.60. The predicted molar refractivity (Wildman–Crippen MR) is 76.4 cm³/mol. The lowest BCUT2D eigenvalue weighted by molar-refractivity contribution is 0.147. The van der Waals surface area contributed by atoms with Gasteiger partial charge in [-0.05, 0) is 25.1 Å². The molecule has 1 aromatic rings. The first-order valence-electron chi connectivity index (χ1n) is 6.65. The van der Waals surface area contributed by atoms with E-state index in [0.29, 0.717) is 13.0 Å². The fourth-order valence-electron chi connectivity index (χ4n) is 2.39. The molecule has 0 aromatic heterocycles. The van der Waals surface area contributed by atoms with Crippen molar-refractivity contribution in [1.82, 2.24) is 9.80 Å². The molecule has 1 fully saturated rings. The average Bonchev–Trinajstić information content (AvgIpc) is 2.38. The Labute approximate surface area is 114 Å². The molecule has 0 bridgehead atoms. The highest BCUT2D eigenvalue weighted by Crippen LogP contribution is 2.31. The van der Waals surface area contributed by atoms with Gasteiger partial charge in [0.2, 0.25) is 0 Å². The van der Waals surface area contributed by atoms with Crippen LogP contribution in [0.1, 0.15) is 11.1 Å². The number of nitrogens with zero attached hydrogens (tertiary/aromatic N) is 2. The average molecular weight is 262 g/mol. The van der Waals surface area contributed by atoms with E-state index in [0.717, 1.165) is 37.3 Å². The summed E-state index contributed by atoms with van der Waals surface area (Å²) in [6, 6.07) is 3.56. The van der Waals surface area contributed by atoms with Crippen LogP contribution in [0, 0.1) is 0 Å². The van der Waals surface area contributed by atoms with Gasteiger partial charge in [-0.3, -0.25) is 4.90 Å². The third-order valence-corrected chi connectivity index (χ3v) is 3.60. The van der Waals surface area contributed by atoms with Gasteiger partial charge < -0.3 is 15.1 Å². The van der Waals surface area contributed by atoms with Crippen LogP contribution < -0.4 is 0 Å². The molecular formula is C15H22N2O2. The molecule has 104 valence electrons. The number of phenolic OH excluding ortho intramolecular Hbond substituents is 2. The summed E-state index contributed by atoms with van der Waals surface area (Å²) in [7, 11) is 2.12. The molecule has 0 spiro atoms. The summed E-state index contributed by atoms with van der Waals surface area (Å²) in [4.78, 5) is 4.59. The van der Waals surface area contributed by atoms with Gasteiger partial charge >= 0.3 is 0 Å². The van der Waals surface area contributed by atoms with E-state index in [1.807, 2.05) is 6.07 Å². The first kappa shape index (κ1) is 13.9. The van der Waals surface area contributed by atoms with E-state index in [4.69, 9.17) is 0 Å². The second-order valence-electron chi connectivity index (χ2n) is 5.19. The first-order valence-corrected chi connectivity index (χ1v) is 6.65. The highest BCUT2D eigenvalue weighted by Gasteiger charge is 2.17.